The lowest BCUT2D eigenvalue weighted by molar-refractivity contribution is -0.131. The number of nitrogens with zero attached hydrogens (tertiary/aromatic N) is 2. The van der Waals surface area contributed by atoms with Gasteiger partial charge in [-0.1, -0.05) is 13.8 Å². The number of carbonyl (C=O) groups is 1. The molecule has 1 fully saturated rings. The third-order valence-electron chi connectivity index (χ3n) is 2.88. The Labute approximate surface area is 117 Å². The average Bonchev–Trinajstić information content (AvgIpc) is 2.37. The van der Waals surface area contributed by atoms with Crippen LogP contribution in [0.3, 0.4) is 0 Å². The summed E-state index contributed by atoms with van der Waals surface area (Å²) < 4.78 is 24.0. The van der Waals surface area contributed by atoms with Crippen molar-refractivity contribution in [1.29, 1.82) is 0 Å². The molecule has 114 valence electrons. The predicted octanol–water partition coefficient (Wildman–Crippen LogP) is 0.114. The number of amides is 1. The lowest BCUT2D eigenvalue weighted by atomic mass is 10.2. The molecule has 0 spiro atoms. The molecule has 0 saturated carbocycles. The van der Waals surface area contributed by atoms with Gasteiger partial charge in [-0.25, -0.2) is 13.1 Å². The molecule has 1 heterocycles. The van der Waals surface area contributed by atoms with E-state index in [-0.39, 0.29) is 12.5 Å². The number of sulfonamides is 1. The van der Waals surface area contributed by atoms with Gasteiger partial charge in [-0.15, -0.1) is 0 Å². The van der Waals surface area contributed by atoms with Crippen LogP contribution in [-0.4, -0.2) is 69.1 Å². The second kappa shape index (κ2) is 8.50. The van der Waals surface area contributed by atoms with Crippen molar-refractivity contribution in [3.63, 3.8) is 0 Å². The minimum absolute atomic E-state index is 0.138. The number of rotatable bonds is 4. The molecular formula is C12H27N3O3S. The molecular weight excluding hydrogens is 266 g/mol. The predicted molar refractivity (Wildman–Crippen MR) is 77.5 cm³/mol. The molecule has 1 saturated heterocycles. The largest absolute Gasteiger partial charge is 0.339 e. The Kier molecular flexibility index (Phi) is 8.20. The van der Waals surface area contributed by atoms with Crippen molar-refractivity contribution in [3.05, 3.63) is 0 Å². The van der Waals surface area contributed by atoms with Crippen LogP contribution in [0.1, 0.15) is 27.7 Å². The molecule has 0 atom stereocenters. The summed E-state index contributed by atoms with van der Waals surface area (Å²) >= 11 is 0. The average molecular weight is 293 g/mol. The van der Waals surface area contributed by atoms with Gasteiger partial charge in [0.15, 0.2) is 0 Å². The number of nitrogens with one attached hydrogen (secondary N) is 1. The van der Waals surface area contributed by atoms with E-state index in [2.05, 4.69) is 23.5 Å². The van der Waals surface area contributed by atoms with Gasteiger partial charge in [0.2, 0.25) is 15.9 Å². The van der Waals surface area contributed by atoms with E-state index in [9.17, 15) is 13.2 Å². The summed E-state index contributed by atoms with van der Waals surface area (Å²) in [5.74, 6) is -0.154. The molecule has 1 amide bonds. The Morgan fingerprint density at radius 1 is 1.16 bits per heavy atom. The molecule has 0 aliphatic carbocycles. The zero-order chi connectivity index (χ0) is 15.1. The van der Waals surface area contributed by atoms with Crippen LogP contribution in [-0.2, 0) is 14.8 Å². The molecule has 0 aromatic rings. The second-order valence-corrected chi connectivity index (χ2v) is 6.44. The molecule has 1 N–H and O–H groups in total. The van der Waals surface area contributed by atoms with Crippen LogP contribution in [0, 0.1) is 0 Å². The first-order valence-electron chi connectivity index (χ1n) is 6.76. The molecule has 0 radical (unpaired) electrons. The Morgan fingerprint density at radius 3 is 2.00 bits per heavy atom. The maximum atomic E-state index is 11.7. The van der Waals surface area contributed by atoms with Crippen LogP contribution >= 0.6 is 0 Å². The summed E-state index contributed by atoms with van der Waals surface area (Å²) in [6.45, 7) is 11.2. The van der Waals surface area contributed by atoms with Crippen molar-refractivity contribution in [1.82, 2.24) is 14.5 Å². The third kappa shape index (κ3) is 7.49. The smallest absolute Gasteiger partial charge is 0.237 e. The molecule has 1 aliphatic rings. The quantitative estimate of drug-likeness (QED) is 0.799. The van der Waals surface area contributed by atoms with Crippen LogP contribution < -0.4 is 4.72 Å². The number of piperazine rings is 1. The van der Waals surface area contributed by atoms with Gasteiger partial charge in [0.05, 0.1) is 12.8 Å². The Hall–Kier alpha value is -0.660. The van der Waals surface area contributed by atoms with Crippen molar-refractivity contribution < 1.29 is 13.2 Å². The van der Waals surface area contributed by atoms with Gasteiger partial charge >= 0.3 is 0 Å². The molecule has 6 nitrogen and oxygen atoms in total. The number of hydrogen-bond acceptors (Lipinski definition) is 4. The molecule has 19 heavy (non-hydrogen) atoms. The van der Waals surface area contributed by atoms with Crippen LogP contribution in [0.5, 0.6) is 0 Å². The molecule has 1 rings (SSSR count). The van der Waals surface area contributed by atoms with E-state index in [0.717, 1.165) is 19.3 Å². The number of carbonyl (C=O) groups excluding carboxylic acids is 1. The van der Waals surface area contributed by atoms with Gasteiger partial charge in [-0.2, -0.15) is 0 Å². The van der Waals surface area contributed by atoms with Crippen molar-refractivity contribution in [3.8, 4) is 0 Å². The topological polar surface area (TPSA) is 69.7 Å². The van der Waals surface area contributed by atoms with Crippen molar-refractivity contribution in [2.45, 2.75) is 33.7 Å². The standard InChI is InChI=1S/C10H21N3O3S.C2H6/c1-9(2)12-4-6-13(7-5-12)10(14)8-11-17(3,15)16;1-2/h9,11H,4-8H2,1-3H3;1-2H3. The highest BCUT2D eigenvalue weighted by Gasteiger charge is 2.22. The maximum absolute atomic E-state index is 11.7. The van der Waals surface area contributed by atoms with Crippen LogP contribution in [0.25, 0.3) is 0 Å². The SMILES string of the molecule is CC.CC(C)N1CCN(C(=O)CNS(C)(=O)=O)CC1. The summed E-state index contributed by atoms with van der Waals surface area (Å²) in [5.41, 5.74) is 0. The summed E-state index contributed by atoms with van der Waals surface area (Å²) in [7, 11) is -3.29. The van der Waals surface area contributed by atoms with E-state index in [0.29, 0.717) is 19.1 Å². The number of hydrogen-bond donors (Lipinski definition) is 1. The molecule has 1 aliphatic heterocycles. The van der Waals surface area contributed by atoms with Gasteiger partial charge in [0, 0.05) is 32.2 Å². The Morgan fingerprint density at radius 2 is 1.63 bits per heavy atom. The summed E-state index contributed by atoms with van der Waals surface area (Å²) in [5, 5.41) is 0. The van der Waals surface area contributed by atoms with Crippen molar-refractivity contribution in [2.24, 2.45) is 0 Å². The first-order chi connectivity index (χ1) is 8.79. The second-order valence-electron chi connectivity index (χ2n) is 4.60. The molecule has 7 heteroatoms. The first-order valence-corrected chi connectivity index (χ1v) is 8.65. The van der Waals surface area contributed by atoms with Crippen LogP contribution in [0.4, 0.5) is 0 Å². The minimum Gasteiger partial charge on any atom is -0.339 e. The zero-order valence-electron chi connectivity index (χ0n) is 12.6. The van der Waals surface area contributed by atoms with E-state index in [1.165, 1.54) is 0 Å². The van der Waals surface area contributed by atoms with Crippen molar-refractivity contribution in [2.75, 3.05) is 39.0 Å². The fourth-order valence-electron chi connectivity index (χ4n) is 1.79. The minimum atomic E-state index is -3.29. The van der Waals surface area contributed by atoms with Crippen LogP contribution in [0.2, 0.25) is 0 Å². The van der Waals surface area contributed by atoms with E-state index >= 15 is 0 Å². The van der Waals surface area contributed by atoms with Gasteiger partial charge in [0.1, 0.15) is 0 Å². The van der Waals surface area contributed by atoms with Gasteiger partial charge in [-0.05, 0) is 13.8 Å². The normalized spacial score (nSPS) is 17.1. The highest BCUT2D eigenvalue weighted by atomic mass is 32.2. The molecule has 0 aromatic heterocycles. The Bertz CT molecular complexity index is 360. The molecule has 0 aromatic carbocycles. The highest BCUT2D eigenvalue weighted by molar-refractivity contribution is 7.88. The lowest BCUT2D eigenvalue weighted by Gasteiger charge is -2.36. The fraction of sp³-hybridized carbons (Fsp3) is 0.917. The van der Waals surface area contributed by atoms with Crippen LogP contribution in [0.15, 0.2) is 0 Å². The highest BCUT2D eigenvalue weighted by Crippen LogP contribution is 2.05. The van der Waals surface area contributed by atoms with Crippen molar-refractivity contribution >= 4 is 15.9 Å². The monoisotopic (exact) mass is 293 g/mol. The van der Waals surface area contributed by atoms with E-state index in [1.54, 1.807) is 4.90 Å². The third-order valence-corrected chi connectivity index (χ3v) is 3.55. The summed E-state index contributed by atoms with van der Waals surface area (Å²) in [4.78, 5) is 15.7. The lowest BCUT2D eigenvalue weighted by Crippen LogP contribution is -2.52. The van der Waals surface area contributed by atoms with Gasteiger partial charge in [-0.3, -0.25) is 9.69 Å². The van der Waals surface area contributed by atoms with E-state index < -0.39 is 10.0 Å². The van der Waals surface area contributed by atoms with Gasteiger partial charge in [0.25, 0.3) is 0 Å². The van der Waals surface area contributed by atoms with E-state index in [1.807, 2.05) is 13.8 Å². The summed E-state index contributed by atoms with van der Waals surface area (Å²) in [6, 6.07) is 0.487. The van der Waals surface area contributed by atoms with E-state index in [4.69, 9.17) is 0 Å². The maximum Gasteiger partial charge on any atom is 0.237 e. The first kappa shape index (κ1) is 18.3. The van der Waals surface area contributed by atoms with Gasteiger partial charge < -0.3 is 4.90 Å². The fourth-order valence-corrected chi connectivity index (χ4v) is 2.18. The summed E-state index contributed by atoms with van der Waals surface area (Å²) in [6.07, 6.45) is 1.05. The zero-order valence-corrected chi connectivity index (χ0v) is 13.5. The molecule has 0 unspecified atom stereocenters. The molecule has 0 bridgehead atoms. The Balaban J connectivity index is 0.00000154.